The molecule has 0 saturated heterocycles. The maximum absolute atomic E-state index is 12.8. The van der Waals surface area contributed by atoms with Crippen molar-refractivity contribution in [1.82, 2.24) is 4.98 Å². The van der Waals surface area contributed by atoms with E-state index in [9.17, 15) is 18.0 Å². The molecule has 0 saturated carbocycles. The predicted octanol–water partition coefficient (Wildman–Crippen LogP) is 5.82. The van der Waals surface area contributed by atoms with Gasteiger partial charge in [-0.05, 0) is 45.0 Å². The lowest BCUT2D eigenvalue weighted by atomic mass is 10.1. The minimum absolute atomic E-state index is 0.0360. The van der Waals surface area contributed by atoms with Gasteiger partial charge >= 0.3 is 12.1 Å². The van der Waals surface area contributed by atoms with Crippen LogP contribution in [0.25, 0.3) is 6.08 Å². The fourth-order valence-electron chi connectivity index (χ4n) is 2.12. The average Bonchev–Trinajstić information content (AvgIpc) is 2.57. The zero-order valence-electron chi connectivity index (χ0n) is 15.2. The zero-order chi connectivity index (χ0) is 21.1. The summed E-state index contributed by atoms with van der Waals surface area (Å²) in [4.78, 5) is 14.7. The molecule has 150 valence electrons. The number of halogens is 4. The van der Waals surface area contributed by atoms with Crippen LogP contribution in [0.15, 0.2) is 36.0 Å². The Balaban J connectivity index is 2.46. The van der Waals surface area contributed by atoms with E-state index in [0.717, 1.165) is 0 Å². The van der Waals surface area contributed by atoms with Crippen molar-refractivity contribution in [2.75, 3.05) is 0 Å². The summed E-state index contributed by atoms with van der Waals surface area (Å²) in [5.74, 6) is -0.816. The first kappa shape index (κ1) is 21.6. The maximum atomic E-state index is 12.8. The summed E-state index contributed by atoms with van der Waals surface area (Å²) in [6, 6.07) is 5.38. The molecule has 1 aromatic heterocycles. The molecule has 1 heterocycles. The molecule has 0 aliphatic rings. The van der Waals surface area contributed by atoms with Crippen LogP contribution in [0.1, 0.15) is 31.9 Å². The zero-order valence-corrected chi connectivity index (χ0v) is 15.9. The van der Waals surface area contributed by atoms with Crippen LogP contribution in [0.5, 0.6) is 17.4 Å². The highest BCUT2D eigenvalue weighted by Crippen LogP contribution is 2.37. The lowest BCUT2D eigenvalue weighted by Crippen LogP contribution is -2.06. The number of hydrogen-bond acceptors (Lipinski definition) is 4. The Bertz CT molecular complexity index is 911. The molecule has 5 nitrogen and oxygen atoms in total. The van der Waals surface area contributed by atoms with Gasteiger partial charge in [0.05, 0.1) is 11.7 Å². The fourth-order valence-corrected chi connectivity index (χ4v) is 2.33. The molecule has 1 aromatic carbocycles. The van der Waals surface area contributed by atoms with Gasteiger partial charge in [-0.15, -0.1) is 0 Å². The molecule has 0 spiro atoms. The Morgan fingerprint density at radius 3 is 2.50 bits per heavy atom. The SMILES string of the molecule is CC(=Cc1ccc(OC(C)C)cc1Oc1ncc(C(F)(F)F)cc1Cl)C(=O)O. The van der Waals surface area contributed by atoms with Crippen LogP contribution < -0.4 is 9.47 Å². The summed E-state index contributed by atoms with van der Waals surface area (Å²) in [6.07, 6.45) is -2.77. The molecule has 2 aromatic rings. The van der Waals surface area contributed by atoms with Crippen molar-refractivity contribution < 1.29 is 32.5 Å². The van der Waals surface area contributed by atoms with Crippen molar-refractivity contribution in [2.24, 2.45) is 0 Å². The Kier molecular flexibility index (Phi) is 6.56. The van der Waals surface area contributed by atoms with Crippen molar-refractivity contribution >= 4 is 23.6 Å². The molecule has 0 atom stereocenters. The molecular weight excluding hydrogens is 399 g/mol. The molecule has 0 radical (unpaired) electrons. The number of ether oxygens (including phenoxy) is 2. The van der Waals surface area contributed by atoms with Crippen LogP contribution in [0.3, 0.4) is 0 Å². The van der Waals surface area contributed by atoms with Gasteiger partial charge in [0.1, 0.15) is 16.5 Å². The average molecular weight is 416 g/mol. The van der Waals surface area contributed by atoms with Gasteiger partial charge in [0.25, 0.3) is 0 Å². The third-order valence-electron chi connectivity index (χ3n) is 3.41. The van der Waals surface area contributed by atoms with Gasteiger partial charge in [0.2, 0.25) is 5.88 Å². The Labute approximate surface area is 164 Å². The van der Waals surface area contributed by atoms with Gasteiger partial charge < -0.3 is 14.6 Å². The van der Waals surface area contributed by atoms with E-state index in [-0.39, 0.29) is 28.3 Å². The number of pyridine rings is 1. The number of carbonyl (C=O) groups is 1. The van der Waals surface area contributed by atoms with E-state index in [0.29, 0.717) is 23.6 Å². The Morgan fingerprint density at radius 1 is 1.29 bits per heavy atom. The van der Waals surface area contributed by atoms with Crippen molar-refractivity contribution in [1.29, 1.82) is 0 Å². The van der Waals surface area contributed by atoms with Gasteiger partial charge in [-0.1, -0.05) is 11.6 Å². The van der Waals surface area contributed by atoms with Gasteiger partial charge in [-0.25, -0.2) is 9.78 Å². The highest BCUT2D eigenvalue weighted by atomic mass is 35.5. The highest BCUT2D eigenvalue weighted by Gasteiger charge is 2.32. The smallest absolute Gasteiger partial charge is 0.417 e. The van der Waals surface area contributed by atoms with Crippen molar-refractivity contribution in [3.05, 3.63) is 52.2 Å². The van der Waals surface area contributed by atoms with E-state index in [2.05, 4.69) is 4.98 Å². The van der Waals surface area contributed by atoms with Crippen molar-refractivity contribution in [3.63, 3.8) is 0 Å². The number of nitrogens with zero attached hydrogens (tertiary/aromatic N) is 1. The highest BCUT2D eigenvalue weighted by molar-refractivity contribution is 6.31. The lowest BCUT2D eigenvalue weighted by molar-refractivity contribution is -0.138. The molecule has 2 rings (SSSR count). The van der Waals surface area contributed by atoms with Crippen molar-refractivity contribution in [2.45, 2.75) is 33.1 Å². The number of aliphatic carboxylic acids is 1. The molecule has 0 fully saturated rings. The molecule has 28 heavy (non-hydrogen) atoms. The molecule has 0 bridgehead atoms. The minimum Gasteiger partial charge on any atom is -0.491 e. The van der Waals surface area contributed by atoms with Crippen LogP contribution in [0, 0.1) is 0 Å². The van der Waals surface area contributed by atoms with Gasteiger partial charge in [0, 0.05) is 23.4 Å². The number of hydrogen-bond donors (Lipinski definition) is 1. The van der Waals surface area contributed by atoms with E-state index < -0.39 is 17.7 Å². The quantitative estimate of drug-likeness (QED) is 0.602. The molecule has 9 heteroatoms. The maximum Gasteiger partial charge on any atom is 0.417 e. The Morgan fingerprint density at radius 2 is 1.96 bits per heavy atom. The second-order valence-electron chi connectivity index (χ2n) is 6.11. The van der Waals surface area contributed by atoms with Gasteiger partial charge in [-0.3, -0.25) is 0 Å². The van der Waals surface area contributed by atoms with Crippen LogP contribution >= 0.6 is 11.6 Å². The third kappa shape index (κ3) is 5.63. The summed E-state index contributed by atoms with van der Waals surface area (Å²) >= 11 is 5.89. The lowest BCUT2D eigenvalue weighted by Gasteiger charge is -2.15. The molecular formula is C19H17ClF3NO4. The van der Waals surface area contributed by atoms with Crippen LogP contribution in [0.2, 0.25) is 5.02 Å². The van der Waals surface area contributed by atoms with E-state index in [4.69, 9.17) is 26.2 Å². The van der Waals surface area contributed by atoms with Gasteiger partial charge in [0.15, 0.2) is 0 Å². The first-order valence-electron chi connectivity index (χ1n) is 8.10. The standard InChI is InChI=1S/C19H17ClF3NO4/c1-10(2)27-14-5-4-12(6-11(3)18(25)26)16(8-14)28-17-15(20)7-13(9-24-17)19(21,22)23/h4-10H,1-3H3,(H,25,26). The summed E-state index contributed by atoms with van der Waals surface area (Å²) in [6.45, 7) is 5.03. The Hall–Kier alpha value is -2.74. The number of carboxylic acid groups (broad SMARTS) is 1. The molecule has 0 amide bonds. The summed E-state index contributed by atoms with van der Waals surface area (Å²) in [5, 5.41) is 8.74. The van der Waals surface area contributed by atoms with Crippen LogP contribution in [-0.2, 0) is 11.0 Å². The number of carboxylic acids is 1. The summed E-state index contributed by atoms with van der Waals surface area (Å²) < 4.78 is 49.5. The van der Waals surface area contributed by atoms with E-state index in [1.807, 2.05) is 13.8 Å². The molecule has 0 aliphatic heterocycles. The second kappa shape index (κ2) is 8.52. The molecule has 0 unspecified atom stereocenters. The van der Waals surface area contributed by atoms with E-state index in [1.165, 1.54) is 19.1 Å². The number of benzene rings is 1. The van der Waals surface area contributed by atoms with E-state index >= 15 is 0 Å². The fraction of sp³-hybridized carbons (Fsp3) is 0.263. The number of alkyl halides is 3. The second-order valence-corrected chi connectivity index (χ2v) is 6.52. The number of rotatable bonds is 6. The molecule has 1 N–H and O–H groups in total. The van der Waals surface area contributed by atoms with Crippen LogP contribution in [0.4, 0.5) is 13.2 Å². The molecule has 0 aliphatic carbocycles. The normalized spacial score (nSPS) is 12.2. The summed E-state index contributed by atoms with van der Waals surface area (Å²) in [5.41, 5.74) is -0.605. The monoisotopic (exact) mass is 415 g/mol. The summed E-state index contributed by atoms with van der Waals surface area (Å²) in [7, 11) is 0. The van der Waals surface area contributed by atoms with Crippen LogP contribution in [-0.4, -0.2) is 22.2 Å². The first-order chi connectivity index (χ1) is 13.0. The number of aromatic nitrogens is 1. The van der Waals surface area contributed by atoms with Gasteiger partial charge in [-0.2, -0.15) is 13.2 Å². The third-order valence-corrected chi connectivity index (χ3v) is 3.68. The largest absolute Gasteiger partial charge is 0.491 e. The van der Waals surface area contributed by atoms with E-state index in [1.54, 1.807) is 12.1 Å². The topological polar surface area (TPSA) is 68.7 Å². The predicted molar refractivity (Wildman–Crippen MR) is 97.8 cm³/mol. The first-order valence-corrected chi connectivity index (χ1v) is 8.48. The van der Waals surface area contributed by atoms with Crippen molar-refractivity contribution in [3.8, 4) is 17.4 Å². The minimum atomic E-state index is -4.59.